The number of hydrogen-bond acceptors (Lipinski definition) is 5. The summed E-state index contributed by atoms with van der Waals surface area (Å²) in [4.78, 5) is 9.21. The van der Waals surface area contributed by atoms with Crippen molar-refractivity contribution < 1.29 is 38.8 Å². The number of aromatic nitrogens is 2. The van der Waals surface area contributed by atoms with E-state index in [0.717, 1.165) is 15.7 Å². The zero-order chi connectivity index (χ0) is 25.9. The number of likely N-dealkylation sites (N-methyl/N-ethyl adjacent to an activating group) is 1. The van der Waals surface area contributed by atoms with Crippen LogP contribution in [0.1, 0.15) is 41.4 Å². The van der Waals surface area contributed by atoms with E-state index in [1.807, 2.05) is 41.8 Å². The molecule has 0 spiro atoms. The van der Waals surface area contributed by atoms with Crippen molar-refractivity contribution in [1.82, 2.24) is 25.5 Å². The molecule has 2 aliphatic heterocycles. The molecule has 36 heavy (non-hydrogen) atoms. The second-order valence-corrected chi connectivity index (χ2v) is 13.6. The first-order valence-electron chi connectivity index (χ1n) is 11.6. The van der Waals surface area contributed by atoms with Crippen LogP contribution in [0.25, 0.3) is 11.8 Å². The summed E-state index contributed by atoms with van der Waals surface area (Å²) in [6.45, 7) is 5.63. The van der Waals surface area contributed by atoms with Gasteiger partial charge in [0.2, 0.25) is 0 Å². The van der Waals surface area contributed by atoms with Crippen molar-refractivity contribution in [2.75, 3.05) is 31.1 Å². The number of nitrogens with zero attached hydrogens (tertiary/aromatic N) is 3. The van der Waals surface area contributed by atoms with Crippen LogP contribution in [0.5, 0.6) is 0 Å². The molecule has 1 aromatic carbocycles. The van der Waals surface area contributed by atoms with Gasteiger partial charge in [0, 0.05) is 0 Å². The van der Waals surface area contributed by atoms with Crippen LogP contribution in [-0.2, 0) is 6.18 Å². The van der Waals surface area contributed by atoms with Gasteiger partial charge in [-0.05, 0) is 0 Å². The van der Waals surface area contributed by atoms with E-state index in [0.29, 0.717) is 44.1 Å². The van der Waals surface area contributed by atoms with E-state index in [1.165, 1.54) is 21.5 Å². The topological polar surface area (TPSA) is 53.1 Å². The molecule has 11 heteroatoms. The van der Waals surface area contributed by atoms with Crippen LogP contribution in [-0.4, -0.2) is 55.7 Å². The Morgan fingerprint density at radius 2 is 1.97 bits per heavy atom. The molecule has 0 radical (unpaired) electrons. The Labute approximate surface area is 232 Å². The summed E-state index contributed by atoms with van der Waals surface area (Å²) in [5.41, 5.74) is 3.47. The molecule has 0 amide bonds. The van der Waals surface area contributed by atoms with Crippen LogP contribution < -0.4 is 31.8 Å². The molecule has 2 N–H and O–H groups in total. The van der Waals surface area contributed by atoms with E-state index in [2.05, 4.69) is 50.3 Å². The normalized spacial score (nSPS) is 21.1. The Morgan fingerprint density at radius 3 is 2.61 bits per heavy atom. The molecule has 1 saturated heterocycles. The molecule has 1 aromatic heterocycles. The summed E-state index contributed by atoms with van der Waals surface area (Å²) in [6.07, 6.45) is 2.88. The van der Waals surface area contributed by atoms with Crippen LogP contribution in [0.3, 0.4) is 0 Å². The molecule has 196 valence electrons. The fourth-order valence-corrected chi connectivity index (χ4v) is 7.79. The Morgan fingerprint density at radius 1 is 1.28 bits per heavy atom. The van der Waals surface area contributed by atoms with Gasteiger partial charge in [-0.3, -0.25) is 0 Å². The number of nitrogens with one attached hydrogen (secondary N) is 2. The minimum absolute atomic E-state index is 0.161. The summed E-state index contributed by atoms with van der Waals surface area (Å²) in [7, 11) is 1.97. The zero-order valence-corrected chi connectivity index (χ0v) is 24.1. The van der Waals surface area contributed by atoms with Crippen LogP contribution in [0, 0.1) is 3.57 Å². The third-order valence-electron chi connectivity index (χ3n) is 6.42. The molecular formula is C25H28F4I2N5-. The van der Waals surface area contributed by atoms with Crippen molar-refractivity contribution in [2.24, 2.45) is 0 Å². The van der Waals surface area contributed by atoms with Crippen LogP contribution >= 0.6 is 22.6 Å². The second kappa shape index (κ2) is 11.6. The number of halogens is 6. The number of hydrogen-bond donors (Lipinski definition) is 2. The van der Waals surface area contributed by atoms with E-state index in [4.69, 9.17) is 0 Å². The van der Waals surface area contributed by atoms with Crippen LogP contribution in [0.4, 0.5) is 17.6 Å². The summed E-state index contributed by atoms with van der Waals surface area (Å²) >= 11 is 1.68. The van der Waals surface area contributed by atoms with Gasteiger partial charge in [-0.1, -0.05) is 0 Å². The molecule has 2 atom stereocenters. The van der Waals surface area contributed by atoms with Gasteiger partial charge < -0.3 is 0 Å². The van der Waals surface area contributed by atoms with E-state index >= 15 is 0 Å². The van der Waals surface area contributed by atoms with E-state index in [1.54, 1.807) is 0 Å². The minimum atomic E-state index is -4.60. The van der Waals surface area contributed by atoms with Gasteiger partial charge in [0.1, 0.15) is 0 Å². The van der Waals surface area contributed by atoms with E-state index < -0.39 is 15.7 Å². The summed E-state index contributed by atoms with van der Waals surface area (Å²) in [5, 5.41) is 6.74. The molecule has 0 saturated carbocycles. The van der Waals surface area contributed by atoms with Crippen molar-refractivity contribution in [3.63, 3.8) is 0 Å². The average molecular weight is 728 g/mol. The predicted octanol–water partition coefficient (Wildman–Crippen LogP) is 1.87. The van der Waals surface area contributed by atoms with Crippen LogP contribution in [0.15, 0.2) is 43.2 Å². The molecule has 4 rings (SSSR count). The maximum atomic E-state index is 14.4. The third kappa shape index (κ3) is 6.76. The van der Waals surface area contributed by atoms with Crippen molar-refractivity contribution in [1.29, 1.82) is 0 Å². The molecule has 0 bridgehead atoms. The zero-order valence-electron chi connectivity index (χ0n) is 19.8. The Hall–Kier alpha value is -1.32. The summed E-state index contributed by atoms with van der Waals surface area (Å²) in [6, 6.07) is 6.28. The van der Waals surface area contributed by atoms with Gasteiger partial charge in [0.25, 0.3) is 0 Å². The van der Waals surface area contributed by atoms with Crippen molar-refractivity contribution in [3.8, 4) is 0 Å². The molecule has 1 fully saturated rings. The van der Waals surface area contributed by atoms with Gasteiger partial charge in [0.15, 0.2) is 0 Å². The molecular weight excluding hydrogens is 700 g/mol. The average Bonchev–Trinajstić information content (AvgIpc) is 3.07. The number of fused-ring (bicyclic) bond motifs is 1. The molecule has 5 nitrogen and oxygen atoms in total. The van der Waals surface area contributed by atoms with Crippen molar-refractivity contribution in [3.05, 3.63) is 69.3 Å². The first-order valence-corrected chi connectivity index (χ1v) is 15.3. The monoisotopic (exact) mass is 728 g/mol. The molecule has 2 unspecified atom stereocenters. The Kier molecular flexibility index (Phi) is 8.93. The summed E-state index contributed by atoms with van der Waals surface area (Å²) < 4.78 is 54.7. The Balaban J connectivity index is 1.55. The van der Waals surface area contributed by atoms with Crippen molar-refractivity contribution in [2.45, 2.75) is 34.8 Å². The predicted molar refractivity (Wildman–Crippen MR) is 137 cm³/mol. The van der Waals surface area contributed by atoms with E-state index in [9.17, 15) is 17.6 Å². The molecule has 2 aliphatic rings. The van der Waals surface area contributed by atoms with Gasteiger partial charge in [0.05, 0.1) is 0 Å². The standard InChI is InChI=1S/C25H28F4I2N5/c1-16(19-4-3-5-21-20(19)7-6-18(32-2)12-31-21)33-15-22(36-10-8-24(26,30)9-11-36)17-13-34-23(35-14-17)25(27,28)29/h3-7,13-14,18,22,32-33H,1,8-12,15H2,2H3/q-1. The number of benzene rings is 1. The Bertz CT molecular complexity index is 1090. The van der Waals surface area contributed by atoms with E-state index in [-0.39, 0.29) is 27.2 Å². The fourth-order valence-electron chi connectivity index (χ4n) is 4.28. The number of rotatable bonds is 7. The number of piperidine rings is 1. The molecule has 2 aromatic rings. The van der Waals surface area contributed by atoms with Gasteiger partial charge in [-0.25, -0.2) is 0 Å². The third-order valence-corrected chi connectivity index (χ3v) is 10.7. The van der Waals surface area contributed by atoms with Crippen molar-refractivity contribution >= 4 is 34.4 Å². The first-order chi connectivity index (χ1) is 17.1. The molecule has 0 aliphatic carbocycles. The number of likely N-dealkylation sites (tertiary alicyclic amines) is 1. The SMILES string of the molecule is C=C(NCC(c1cnc(C(F)(F)F)nc1)N1CCC(F)(I)CC1)c1cccc2c1C=CC(NC)C[I-]2. The molecule has 3 heterocycles. The first kappa shape index (κ1) is 27.7. The van der Waals surface area contributed by atoms with Gasteiger partial charge >= 0.3 is 221 Å². The quantitative estimate of drug-likeness (QED) is 0.260. The van der Waals surface area contributed by atoms with Gasteiger partial charge in [-0.2, -0.15) is 13.2 Å². The number of alkyl halides is 6. The fraction of sp³-hybridized carbons (Fsp3) is 0.440. The second-order valence-electron chi connectivity index (χ2n) is 8.85. The summed E-state index contributed by atoms with van der Waals surface area (Å²) in [5.74, 6) is -1.17. The van der Waals surface area contributed by atoms with Gasteiger partial charge in [-0.15, -0.1) is 0 Å². The maximum absolute atomic E-state index is 14.4. The van der Waals surface area contributed by atoms with Crippen LogP contribution in [0.2, 0.25) is 0 Å².